The predicted molar refractivity (Wildman–Crippen MR) is 134 cm³/mol. The lowest BCUT2D eigenvalue weighted by Crippen LogP contribution is -2.55. The molecule has 9 heteroatoms. The van der Waals surface area contributed by atoms with Gasteiger partial charge in [0.25, 0.3) is 5.91 Å². The minimum atomic E-state index is -0.503. The van der Waals surface area contributed by atoms with Crippen LogP contribution in [0.1, 0.15) is 41.0 Å². The van der Waals surface area contributed by atoms with E-state index in [0.29, 0.717) is 53.6 Å². The molecule has 0 saturated carbocycles. The van der Waals surface area contributed by atoms with Gasteiger partial charge in [-0.05, 0) is 43.7 Å². The maximum Gasteiger partial charge on any atom is 0.410 e. The second kappa shape index (κ2) is 10.3. The highest BCUT2D eigenvalue weighted by Gasteiger charge is 2.31. The molecule has 3 amide bonds. The Morgan fingerprint density at radius 2 is 1.80 bits per heavy atom. The first-order valence-corrected chi connectivity index (χ1v) is 11.9. The van der Waals surface area contributed by atoms with E-state index in [2.05, 4.69) is 0 Å². The van der Waals surface area contributed by atoms with Crippen LogP contribution in [-0.4, -0.2) is 65.0 Å². The van der Waals surface area contributed by atoms with Gasteiger partial charge < -0.3 is 20.3 Å². The highest BCUT2D eigenvalue weighted by atomic mass is 35.5. The van der Waals surface area contributed by atoms with Crippen LogP contribution in [0.15, 0.2) is 48.5 Å². The van der Waals surface area contributed by atoms with Crippen LogP contribution in [0.2, 0.25) is 5.02 Å². The molecule has 4 rings (SSSR count). The number of aromatic nitrogens is 1. The van der Waals surface area contributed by atoms with Crippen LogP contribution in [-0.2, 0) is 4.74 Å². The molecule has 0 spiro atoms. The summed E-state index contributed by atoms with van der Waals surface area (Å²) in [6.45, 7) is 5.49. The van der Waals surface area contributed by atoms with Crippen molar-refractivity contribution in [1.82, 2.24) is 14.8 Å². The Kier molecular flexibility index (Phi) is 7.21. The van der Waals surface area contributed by atoms with Gasteiger partial charge in [0.15, 0.2) is 0 Å². The fourth-order valence-corrected chi connectivity index (χ4v) is 4.40. The molecule has 1 atom stereocenters. The van der Waals surface area contributed by atoms with Gasteiger partial charge in [-0.25, -0.2) is 9.78 Å². The van der Waals surface area contributed by atoms with Gasteiger partial charge in [-0.1, -0.05) is 36.7 Å². The molecule has 0 bridgehead atoms. The molecular weight excluding hydrogens is 468 g/mol. The molecule has 1 aromatic heterocycles. The summed E-state index contributed by atoms with van der Waals surface area (Å²) in [7, 11) is 0. The van der Waals surface area contributed by atoms with E-state index < -0.39 is 5.91 Å². The number of carbonyl (C=O) groups is 3. The van der Waals surface area contributed by atoms with Gasteiger partial charge in [0.2, 0.25) is 5.91 Å². The van der Waals surface area contributed by atoms with Crippen LogP contribution in [0, 0.1) is 0 Å². The van der Waals surface area contributed by atoms with E-state index in [9.17, 15) is 14.4 Å². The fourth-order valence-electron chi connectivity index (χ4n) is 4.14. The van der Waals surface area contributed by atoms with Crippen molar-refractivity contribution >= 4 is 40.4 Å². The molecule has 182 valence electrons. The SMILES string of the molecule is CCCOC(=O)N1CCN(C(=O)c2ccc3c(Cl)cc(-c4ccc(C(N)=O)cc4)nc3c2)C[C@H]1C. The number of primary amides is 1. The molecule has 0 unspecified atom stereocenters. The van der Waals surface area contributed by atoms with Gasteiger partial charge in [-0.15, -0.1) is 0 Å². The van der Waals surface area contributed by atoms with Crippen molar-refractivity contribution in [3.8, 4) is 11.3 Å². The summed E-state index contributed by atoms with van der Waals surface area (Å²) in [6.07, 6.45) is 0.423. The zero-order valence-electron chi connectivity index (χ0n) is 19.7. The second-order valence-electron chi connectivity index (χ2n) is 8.57. The molecule has 1 fully saturated rings. The summed E-state index contributed by atoms with van der Waals surface area (Å²) >= 11 is 6.52. The summed E-state index contributed by atoms with van der Waals surface area (Å²) < 4.78 is 5.25. The number of pyridine rings is 1. The Balaban J connectivity index is 1.55. The lowest BCUT2D eigenvalue weighted by atomic mass is 10.1. The van der Waals surface area contributed by atoms with Crippen LogP contribution in [0.5, 0.6) is 0 Å². The number of carbonyl (C=O) groups excluding carboxylic acids is 3. The summed E-state index contributed by atoms with van der Waals surface area (Å²) in [5.74, 6) is -0.633. The number of rotatable bonds is 5. The van der Waals surface area contributed by atoms with E-state index in [-0.39, 0.29) is 18.0 Å². The minimum absolute atomic E-state index is 0.130. The number of hydrogen-bond acceptors (Lipinski definition) is 5. The molecule has 1 saturated heterocycles. The molecule has 3 aromatic rings. The number of hydrogen-bond donors (Lipinski definition) is 1. The highest BCUT2D eigenvalue weighted by molar-refractivity contribution is 6.35. The number of fused-ring (bicyclic) bond motifs is 1. The van der Waals surface area contributed by atoms with Crippen molar-refractivity contribution in [2.24, 2.45) is 5.73 Å². The van der Waals surface area contributed by atoms with Crippen molar-refractivity contribution < 1.29 is 19.1 Å². The predicted octanol–water partition coefficient (Wildman–Crippen LogP) is 4.35. The number of nitrogens with two attached hydrogens (primary N) is 1. The van der Waals surface area contributed by atoms with Crippen LogP contribution < -0.4 is 5.73 Å². The van der Waals surface area contributed by atoms with E-state index in [0.717, 1.165) is 17.4 Å². The first-order chi connectivity index (χ1) is 16.8. The fraction of sp³-hybridized carbons (Fsp3) is 0.308. The van der Waals surface area contributed by atoms with Gasteiger partial charge in [0, 0.05) is 47.8 Å². The zero-order valence-corrected chi connectivity index (χ0v) is 20.4. The van der Waals surface area contributed by atoms with Crippen LogP contribution in [0.4, 0.5) is 4.79 Å². The lowest BCUT2D eigenvalue weighted by molar-refractivity contribution is 0.0412. The van der Waals surface area contributed by atoms with Gasteiger partial charge in [-0.3, -0.25) is 9.59 Å². The smallest absolute Gasteiger partial charge is 0.410 e. The summed E-state index contributed by atoms with van der Waals surface area (Å²) in [5, 5.41) is 1.24. The normalized spacial score (nSPS) is 15.8. The third-order valence-electron chi connectivity index (χ3n) is 6.05. The Bertz CT molecular complexity index is 1280. The van der Waals surface area contributed by atoms with Gasteiger partial charge in [0.1, 0.15) is 0 Å². The largest absolute Gasteiger partial charge is 0.449 e. The van der Waals surface area contributed by atoms with Gasteiger partial charge in [0.05, 0.1) is 22.8 Å². The lowest BCUT2D eigenvalue weighted by Gasteiger charge is -2.39. The summed E-state index contributed by atoms with van der Waals surface area (Å²) in [6, 6.07) is 13.6. The van der Waals surface area contributed by atoms with Gasteiger partial charge in [-0.2, -0.15) is 0 Å². The van der Waals surface area contributed by atoms with E-state index in [1.807, 2.05) is 13.8 Å². The van der Waals surface area contributed by atoms with Crippen molar-refractivity contribution in [2.75, 3.05) is 26.2 Å². The maximum absolute atomic E-state index is 13.3. The Hall–Kier alpha value is -3.65. The number of halogens is 1. The summed E-state index contributed by atoms with van der Waals surface area (Å²) in [5.41, 5.74) is 8.21. The average molecular weight is 495 g/mol. The first kappa shape index (κ1) is 24.5. The van der Waals surface area contributed by atoms with E-state index in [4.69, 9.17) is 27.1 Å². The van der Waals surface area contributed by atoms with Crippen molar-refractivity contribution in [3.05, 3.63) is 64.7 Å². The molecule has 1 aliphatic heterocycles. The first-order valence-electron chi connectivity index (χ1n) is 11.5. The van der Waals surface area contributed by atoms with Crippen molar-refractivity contribution in [3.63, 3.8) is 0 Å². The highest BCUT2D eigenvalue weighted by Crippen LogP contribution is 2.29. The molecule has 0 aliphatic carbocycles. The molecule has 8 nitrogen and oxygen atoms in total. The zero-order chi connectivity index (χ0) is 25.1. The molecule has 2 aromatic carbocycles. The van der Waals surface area contributed by atoms with Gasteiger partial charge >= 0.3 is 6.09 Å². The number of ether oxygens (including phenoxy) is 1. The van der Waals surface area contributed by atoms with Crippen molar-refractivity contribution in [2.45, 2.75) is 26.3 Å². The third kappa shape index (κ3) is 5.22. The minimum Gasteiger partial charge on any atom is -0.449 e. The average Bonchev–Trinajstić information content (AvgIpc) is 2.86. The summed E-state index contributed by atoms with van der Waals surface area (Å²) in [4.78, 5) is 45.0. The number of amides is 3. The van der Waals surface area contributed by atoms with E-state index in [1.54, 1.807) is 58.3 Å². The van der Waals surface area contributed by atoms with E-state index >= 15 is 0 Å². The molecule has 2 heterocycles. The second-order valence-corrected chi connectivity index (χ2v) is 8.98. The number of nitrogens with zero attached hydrogens (tertiary/aromatic N) is 3. The monoisotopic (exact) mass is 494 g/mol. The van der Waals surface area contributed by atoms with Crippen LogP contribution >= 0.6 is 11.6 Å². The number of benzene rings is 2. The number of piperazine rings is 1. The Morgan fingerprint density at radius 1 is 1.09 bits per heavy atom. The molecule has 0 radical (unpaired) electrons. The molecule has 35 heavy (non-hydrogen) atoms. The topological polar surface area (TPSA) is 106 Å². The maximum atomic E-state index is 13.3. The Morgan fingerprint density at radius 3 is 2.46 bits per heavy atom. The third-order valence-corrected chi connectivity index (χ3v) is 6.36. The molecule has 1 aliphatic rings. The Labute approximate surface area is 208 Å². The molecule has 2 N–H and O–H groups in total. The van der Waals surface area contributed by atoms with Crippen molar-refractivity contribution in [1.29, 1.82) is 0 Å². The quantitative estimate of drug-likeness (QED) is 0.567. The molecular formula is C26H27ClN4O4. The standard InChI is InChI=1S/C26H27ClN4O4/c1-3-12-35-26(34)31-11-10-30(15-16(31)2)25(33)19-8-9-20-21(27)14-22(29-23(20)13-19)17-4-6-18(7-5-17)24(28)32/h4-9,13-14,16H,3,10-12,15H2,1-2H3,(H2,28,32)/t16-/m1/s1. The van der Waals surface area contributed by atoms with E-state index in [1.165, 1.54) is 0 Å². The van der Waals surface area contributed by atoms with Crippen LogP contribution in [0.25, 0.3) is 22.2 Å². The van der Waals surface area contributed by atoms with Crippen LogP contribution in [0.3, 0.4) is 0 Å².